The summed E-state index contributed by atoms with van der Waals surface area (Å²) in [6.07, 6.45) is 0. The molecular formula is C22H22ClN3O2S. The van der Waals surface area contributed by atoms with E-state index < -0.39 is 11.9 Å². The molecule has 0 bridgehead atoms. The van der Waals surface area contributed by atoms with Crippen LogP contribution in [0.2, 0.25) is 5.02 Å². The minimum Gasteiger partial charge on any atom is -0.340 e. The quantitative estimate of drug-likeness (QED) is 0.591. The zero-order chi connectivity index (χ0) is 21.1. The largest absolute Gasteiger partial charge is 0.340 e. The number of hydrogen-bond acceptors (Lipinski definition) is 4. The summed E-state index contributed by atoms with van der Waals surface area (Å²) in [5.41, 5.74) is 5.76. The monoisotopic (exact) mass is 427 g/mol. The molecule has 1 aromatic heterocycles. The highest BCUT2D eigenvalue weighted by atomic mass is 35.5. The maximum absolute atomic E-state index is 12.5. The minimum atomic E-state index is -0.741. The summed E-state index contributed by atoms with van der Waals surface area (Å²) in [6.45, 7) is 7.81. The Morgan fingerprint density at radius 1 is 1.07 bits per heavy atom. The summed E-state index contributed by atoms with van der Waals surface area (Å²) < 4.78 is 0. The summed E-state index contributed by atoms with van der Waals surface area (Å²) >= 11 is 7.39. The Hall–Kier alpha value is -2.70. The number of nitrogens with one attached hydrogen (secondary N) is 2. The zero-order valence-electron chi connectivity index (χ0n) is 16.7. The van der Waals surface area contributed by atoms with Crippen LogP contribution in [-0.4, -0.2) is 22.8 Å². The van der Waals surface area contributed by atoms with Crippen LogP contribution >= 0.6 is 22.9 Å². The van der Waals surface area contributed by atoms with Crippen molar-refractivity contribution in [3.63, 3.8) is 0 Å². The summed E-state index contributed by atoms with van der Waals surface area (Å²) in [5, 5.41) is 8.17. The highest BCUT2D eigenvalue weighted by Crippen LogP contribution is 2.29. The average Bonchev–Trinajstić information content (AvgIpc) is 3.13. The van der Waals surface area contributed by atoms with Gasteiger partial charge in [-0.2, -0.15) is 0 Å². The van der Waals surface area contributed by atoms with Gasteiger partial charge in [0, 0.05) is 10.9 Å². The molecule has 150 valence electrons. The van der Waals surface area contributed by atoms with Gasteiger partial charge in [0.25, 0.3) is 5.91 Å². The Morgan fingerprint density at radius 3 is 2.48 bits per heavy atom. The lowest BCUT2D eigenvalue weighted by Crippen LogP contribution is -2.41. The Balaban J connectivity index is 1.68. The molecule has 5 nitrogen and oxygen atoms in total. The van der Waals surface area contributed by atoms with Crippen LogP contribution in [0.25, 0.3) is 11.3 Å². The van der Waals surface area contributed by atoms with Crippen LogP contribution in [0.5, 0.6) is 0 Å². The molecule has 1 atom stereocenters. The van der Waals surface area contributed by atoms with Crippen LogP contribution in [0.1, 0.15) is 34.0 Å². The Labute approximate surface area is 179 Å². The van der Waals surface area contributed by atoms with Gasteiger partial charge in [0.15, 0.2) is 5.13 Å². The van der Waals surface area contributed by atoms with Crippen molar-refractivity contribution in [2.45, 2.75) is 33.7 Å². The molecule has 1 heterocycles. The fourth-order valence-corrected chi connectivity index (χ4v) is 3.83. The van der Waals surface area contributed by atoms with Gasteiger partial charge in [-0.1, -0.05) is 29.8 Å². The van der Waals surface area contributed by atoms with Gasteiger partial charge in [-0.15, -0.1) is 11.3 Å². The van der Waals surface area contributed by atoms with Crippen LogP contribution in [0.3, 0.4) is 0 Å². The van der Waals surface area contributed by atoms with E-state index in [1.54, 1.807) is 31.2 Å². The molecule has 0 spiro atoms. The number of carbonyl (C=O) groups is 2. The Morgan fingerprint density at radius 2 is 1.76 bits per heavy atom. The fourth-order valence-electron chi connectivity index (χ4n) is 2.89. The number of halogens is 1. The predicted molar refractivity (Wildman–Crippen MR) is 119 cm³/mol. The van der Waals surface area contributed by atoms with E-state index in [1.165, 1.54) is 22.5 Å². The molecular weight excluding hydrogens is 406 g/mol. The van der Waals surface area contributed by atoms with Gasteiger partial charge < -0.3 is 10.6 Å². The molecule has 0 unspecified atom stereocenters. The number of hydrogen-bond donors (Lipinski definition) is 2. The van der Waals surface area contributed by atoms with Gasteiger partial charge >= 0.3 is 0 Å². The van der Waals surface area contributed by atoms with Crippen LogP contribution in [0.15, 0.2) is 41.8 Å². The van der Waals surface area contributed by atoms with Crippen molar-refractivity contribution in [3.8, 4) is 11.3 Å². The second-order valence-corrected chi connectivity index (χ2v) is 8.22. The molecule has 2 aromatic carbocycles. The van der Waals surface area contributed by atoms with E-state index in [2.05, 4.69) is 41.6 Å². The topological polar surface area (TPSA) is 71.1 Å². The first-order valence-electron chi connectivity index (χ1n) is 9.16. The molecule has 0 saturated heterocycles. The highest BCUT2D eigenvalue weighted by Gasteiger charge is 2.19. The molecule has 2 N–H and O–H groups in total. The van der Waals surface area contributed by atoms with Crippen molar-refractivity contribution in [1.29, 1.82) is 0 Å². The van der Waals surface area contributed by atoms with Gasteiger partial charge in [-0.05, 0) is 62.6 Å². The smallest absolute Gasteiger partial charge is 0.253 e. The van der Waals surface area contributed by atoms with Gasteiger partial charge in [0.1, 0.15) is 6.04 Å². The number of anilines is 1. The Kier molecular flexibility index (Phi) is 6.35. The molecule has 29 heavy (non-hydrogen) atoms. The van der Waals surface area contributed by atoms with Crippen LogP contribution in [0, 0.1) is 20.8 Å². The lowest BCUT2D eigenvalue weighted by molar-refractivity contribution is -0.117. The summed E-state index contributed by atoms with van der Waals surface area (Å²) in [4.78, 5) is 29.4. The van der Waals surface area contributed by atoms with Crippen molar-refractivity contribution >= 4 is 39.9 Å². The summed E-state index contributed by atoms with van der Waals surface area (Å²) in [6, 6.07) is 10.2. The third kappa shape index (κ3) is 4.83. The first kappa shape index (κ1) is 21.0. The van der Waals surface area contributed by atoms with Gasteiger partial charge in [-0.3, -0.25) is 9.59 Å². The molecule has 0 aliphatic heterocycles. The van der Waals surface area contributed by atoms with E-state index in [0.29, 0.717) is 15.7 Å². The molecule has 0 saturated carbocycles. The minimum absolute atomic E-state index is 0.329. The zero-order valence-corrected chi connectivity index (χ0v) is 18.2. The van der Waals surface area contributed by atoms with E-state index >= 15 is 0 Å². The van der Waals surface area contributed by atoms with Crippen LogP contribution in [-0.2, 0) is 4.79 Å². The highest BCUT2D eigenvalue weighted by molar-refractivity contribution is 7.14. The number of aromatic nitrogens is 1. The van der Waals surface area contributed by atoms with Gasteiger partial charge in [0.2, 0.25) is 5.91 Å². The van der Waals surface area contributed by atoms with Crippen molar-refractivity contribution in [1.82, 2.24) is 10.3 Å². The molecule has 0 fully saturated rings. The molecule has 0 aliphatic rings. The van der Waals surface area contributed by atoms with E-state index in [4.69, 9.17) is 11.6 Å². The van der Waals surface area contributed by atoms with Crippen molar-refractivity contribution in [2.24, 2.45) is 0 Å². The SMILES string of the molecule is Cc1cc(C)c(-c2csc(NC(=O)[C@@H](C)NC(=O)c3ccccc3Cl)n2)cc1C. The fraction of sp³-hybridized carbons (Fsp3) is 0.227. The molecule has 2 amide bonds. The normalized spacial score (nSPS) is 11.8. The molecule has 3 rings (SSSR count). The van der Waals surface area contributed by atoms with E-state index in [9.17, 15) is 9.59 Å². The van der Waals surface area contributed by atoms with Gasteiger partial charge in [0.05, 0.1) is 16.3 Å². The molecule has 3 aromatic rings. The summed E-state index contributed by atoms with van der Waals surface area (Å²) in [5.74, 6) is -0.744. The molecule has 0 aliphatic carbocycles. The Bertz CT molecular complexity index is 1080. The average molecular weight is 428 g/mol. The number of benzene rings is 2. The molecule has 7 heteroatoms. The second kappa shape index (κ2) is 8.76. The third-order valence-corrected chi connectivity index (χ3v) is 5.80. The predicted octanol–water partition coefficient (Wildman–Crippen LogP) is 5.15. The van der Waals surface area contributed by atoms with E-state index in [0.717, 1.165) is 16.8 Å². The van der Waals surface area contributed by atoms with Crippen LogP contribution in [0.4, 0.5) is 5.13 Å². The number of carbonyl (C=O) groups excluding carboxylic acids is 2. The second-order valence-electron chi connectivity index (χ2n) is 6.95. The van der Waals surface area contributed by atoms with E-state index in [-0.39, 0.29) is 5.91 Å². The van der Waals surface area contributed by atoms with Crippen LogP contribution < -0.4 is 10.6 Å². The number of amides is 2. The number of aryl methyl sites for hydroxylation is 3. The lowest BCUT2D eigenvalue weighted by atomic mass is 9.99. The number of thiazole rings is 1. The number of nitrogens with zero attached hydrogens (tertiary/aromatic N) is 1. The lowest BCUT2D eigenvalue weighted by Gasteiger charge is -2.13. The van der Waals surface area contributed by atoms with Crippen molar-refractivity contribution in [3.05, 3.63) is 69.1 Å². The maximum Gasteiger partial charge on any atom is 0.253 e. The number of rotatable bonds is 5. The first-order chi connectivity index (χ1) is 13.8. The summed E-state index contributed by atoms with van der Waals surface area (Å²) in [7, 11) is 0. The van der Waals surface area contributed by atoms with Crippen molar-refractivity contribution < 1.29 is 9.59 Å². The third-order valence-electron chi connectivity index (χ3n) is 4.71. The maximum atomic E-state index is 12.5. The standard InChI is InChI=1S/C22H22ClN3O2S/c1-12-9-14(3)17(10-13(12)2)19-11-29-22(25-19)26-20(27)15(4)24-21(28)16-7-5-6-8-18(16)23/h5-11,15H,1-4H3,(H,24,28)(H,25,26,27)/t15-/m1/s1. The molecule has 0 radical (unpaired) electrons. The van der Waals surface area contributed by atoms with E-state index in [1.807, 2.05) is 12.3 Å². The first-order valence-corrected chi connectivity index (χ1v) is 10.4. The van der Waals surface area contributed by atoms with Crippen molar-refractivity contribution in [2.75, 3.05) is 5.32 Å². The van der Waals surface area contributed by atoms with Gasteiger partial charge in [-0.25, -0.2) is 4.98 Å².